The number of hydrogen-bond acceptors (Lipinski definition) is 2. The summed E-state index contributed by atoms with van der Waals surface area (Å²) in [5.74, 6) is 0.218. The molecule has 0 spiro atoms. The fourth-order valence-corrected chi connectivity index (χ4v) is 2.02. The lowest BCUT2D eigenvalue weighted by Crippen LogP contribution is -2.34. The zero-order valence-corrected chi connectivity index (χ0v) is 11.9. The Morgan fingerprint density at radius 3 is 2.35 bits per heavy atom. The second kappa shape index (κ2) is 6.41. The van der Waals surface area contributed by atoms with Gasteiger partial charge in [0.15, 0.2) is 0 Å². The topological polar surface area (TPSA) is 70.2 Å². The lowest BCUT2D eigenvalue weighted by atomic mass is 9.85. The third-order valence-electron chi connectivity index (χ3n) is 3.28. The van der Waals surface area contributed by atoms with Crippen LogP contribution in [0.3, 0.4) is 0 Å². The molecule has 2 rings (SSSR count). The molecule has 3 amide bonds. The van der Waals surface area contributed by atoms with E-state index in [2.05, 4.69) is 16.0 Å². The summed E-state index contributed by atoms with van der Waals surface area (Å²) in [4.78, 5) is 23.5. The smallest absolute Gasteiger partial charge is 0.319 e. The largest absolute Gasteiger partial charge is 0.336 e. The molecule has 0 aromatic heterocycles. The van der Waals surface area contributed by atoms with Crippen molar-refractivity contribution in [3.8, 4) is 0 Å². The third kappa shape index (κ3) is 3.98. The molecule has 0 bridgehead atoms. The summed E-state index contributed by atoms with van der Waals surface area (Å²) in [6.07, 6.45) is 3.08. The van der Waals surface area contributed by atoms with Gasteiger partial charge in [-0.1, -0.05) is 12.5 Å². The maximum atomic E-state index is 11.9. The van der Waals surface area contributed by atoms with Gasteiger partial charge in [-0.2, -0.15) is 0 Å². The van der Waals surface area contributed by atoms with Crippen molar-refractivity contribution in [2.75, 3.05) is 10.6 Å². The first-order valence-electron chi connectivity index (χ1n) is 7.03. The molecule has 5 heteroatoms. The van der Waals surface area contributed by atoms with Gasteiger partial charge in [0.25, 0.3) is 0 Å². The van der Waals surface area contributed by atoms with Crippen LogP contribution in [0.25, 0.3) is 0 Å². The minimum Gasteiger partial charge on any atom is -0.336 e. The van der Waals surface area contributed by atoms with Crippen LogP contribution < -0.4 is 16.0 Å². The zero-order chi connectivity index (χ0) is 14.5. The van der Waals surface area contributed by atoms with E-state index in [1.165, 1.54) is 0 Å². The molecule has 0 unspecified atom stereocenters. The molecule has 1 aromatic carbocycles. The van der Waals surface area contributed by atoms with Crippen molar-refractivity contribution in [3.05, 3.63) is 24.3 Å². The van der Waals surface area contributed by atoms with E-state index in [4.69, 9.17) is 0 Å². The molecule has 0 heterocycles. The molecule has 1 saturated carbocycles. The number of carbonyl (C=O) groups is 2. The number of carbonyl (C=O) groups excluding carboxylic acids is 2. The van der Waals surface area contributed by atoms with Gasteiger partial charge in [0, 0.05) is 23.3 Å². The zero-order valence-electron chi connectivity index (χ0n) is 11.9. The maximum absolute atomic E-state index is 11.9. The highest BCUT2D eigenvalue weighted by atomic mass is 16.2. The summed E-state index contributed by atoms with van der Waals surface area (Å²) in [5.41, 5.74) is 1.37. The first kappa shape index (κ1) is 14.4. The van der Waals surface area contributed by atoms with E-state index in [0.29, 0.717) is 11.4 Å². The van der Waals surface area contributed by atoms with Gasteiger partial charge in [-0.15, -0.1) is 0 Å². The van der Waals surface area contributed by atoms with E-state index in [0.717, 1.165) is 19.3 Å². The first-order valence-corrected chi connectivity index (χ1v) is 7.03. The van der Waals surface area contributed by atoms with Gasteiger partial charge in [-0.05, 0) is 44.9 Å². The SMILES string of the molecule is CC(C)NC(=O)Nc1cccc(NC(=O)C2CCC2)c1. The third-order valence-corrected chi connectivity index (χ3v) is 3.28. The molecule has 1 fully saturated rings. The summed E-state index contributed by atoms with van der Waals surface area (Å²) in [5, 5.41) is 8.38. The maximum Gasteiger partial charge on any atom is 0.319 e. The molecule has 108 valence electrons. The van der Waals surface area contributed by atoms with Crippen LogP contribution in [0, 0.1) is 5.92 Å². The van der Waals surface area contributed by atoms with Gasteiger partial charge in [0.05, 0.1) is 0 Å². The fourth-order valence-electron chi connectivity index (χ4n) is 2.02. The minimum atomic E-state index is -0.248. The van der Waals surface area contributed by atoms with E-state index in [1.54, 1.807) is 18.2 Å². The van der Waals surface area contributed by atoms with Crippen molar-refractivity contribution < 1.29 is 9.59 Å². The number of hydrogen-bond donors (Lipinski definition) is 3. The van der Waals surface area contributed by atoms with E-state index >= 15 is 0 Å². The number of amides is 3. The Morgan fingerprint density at radius 2 is 1.80 bits per heavy atom. The van der Waals surface area contributed by atoms with Crippen molar-refractivity contribution in [2.24, 2.45) is 5.92 Å². The molecule has 0 saturated heterocycles. The molecular formula is C15H21N3O2. The van der Waals surface area contributed by atoms with E-state index in [-0.39, 0.29) is 23.9 Å². The Bertz CT molecular complexity index is 496. The van der Waals surface area contributed by atoms with Gasteiger partial charge in [-0.25, -0.2) is 4.79 Å². The average Bonchev–Trinajstić information content (AvgIpc) is 2.25. The monoisotopic (exact) mass is 275 g/mol. The number of benzene rings is 1. The molecule has 5 nitrogen and oxygen atoms in total. The van der Waals surface area contributed by atoms with Crippen molar-refractivity contribution in [3.63, 3.8) is 0 Å². The highest BCUT2D eigenvalue weighted by Gasteiger charge is 2.25. The quantitative estimate of drug-likeness (QED) is 0.790. The van der Waals surface area contributed by atoms with Gasteiger partial charge in [-0.3, -0.25) is 4.79 Å². The predicted octanol–water partition coefficient (Wildman–Crippen LogP) is 2.96. The molecule has 0 aliphatic heterocycles. The van der Waals surface area contributed by atoms with Gasteiger partial charge < -0.3 is 16.0 Å². The van der Waals surface area contributed by atoms with Crippen LogP contribution in [-0.4, -0.2) is 18.0 Å². The highest BCUT2D eigenvalue weighted by Crippen LogP contribution is 2.27. The molecule has 1 aliphatic rings. The normalized spacial score (nSPS) is 14.6. The lowest BCUT2D eigenvalue weighted by molar-refractivity contribution is -0.122. The molecule has 1 aromatic rings. The van der Waals surface area contributed by atoms with Crippen LogP contribution in [-0.2, 0) is 4.79 Å². The Morgan fingerprint density at radius 1 is 1.15 bits per heavy atom. The van der Waals surface area contributed by atoms with Gasteiger partial charge in [0.1, 0.15) is 0 Å². The minimum absolute atomic E-state index is 0.0695. The first-order chi connectivity index (χ1) is 9.54. The predicted molar refractivity (Wildman–Crippen MR) is 79.7 cm³/mol. The molecule has 1 aliphatic carbocycles. The Balaban J connectivity index is 1.93. The van der Waals surface area contributed by atoms with Crippen molar-refractivity contribution in [1.82, 2.24) is 5.32 Å². The summed E-state index contributed by atoms with van der Waals surface area (Å²) in [6.45, 7) is 3.80. The van der Waals surface area contributed by atoms with Crippen LogP contribution in [0.5, 0.6) is 0 Å². The van der Waals surface area contributed by atoms with Crippen LogP contribution in [0.15, 0.2) is 24.3 Å². The van der Waals surface area contributed by atoms with E-state index in [1.807, 2.05) is 19.9 Å². The van der Waals surface area contributed by atoms with Crippen molar-refractivity contribution in [1.29, 1.82) is 0 Å². The second-order valence-electron chi connectivity index (χ2n) is 5.45. The summed E-state index contributed by atoms with van der Waals surface area (Å²) in [7, 11) is 0. The standard InChI is InChI=1S/C15H21N3O2/c1-10(2)16-15(20)18-13-8-4-7-12(9-13)17-14(19)11-5-3-6-11/h4,7-11H,3,5-6H2,1-2H3,(H,17,19)(H2,16,18,20). The van der Waals surface area contributed by atoms with E-state index < -0.39 is 0 Å². The van der Waals surface area contributed by atoms with Gasteiger partial charge in [0.2, 0.25) is 5.91 Å². The average molecular weight is 275 g/mol. The van der Waals surface area contributed by atoms with Crippen LogP contribution in [0.1, 0.15) is 33.1 Å². The number of urea groups is 1. The van der Waals surface area contributed by atoms with Crippen molar-refractivity contribution in [2.45, 2.75) is 39.2 Å². The molecule has 20 heavy (non-hydrogen) atoms. The lowest BCUT2D eigenvalue weighted by Gasteiger charge is -2.24. The van der Waals surface area contributed by atoms with E-state index in [9.17, 15) is 9.59 Å². The fraction of sp³-hybridized carbons (Fsp3) is 0.467. The number of anilines is 2. The molecular weight excluding hydrogens is 254 g/mol. The van der Waals surface area contributed by atoms with Crippen LogP contribution >= 0.6 is 0 Å². The molecule has 3 N–H and O–H groups in total. The number of nitrogens with one attached hydrogen (secondary N) is 3. The second-order valence-corrected chi connectivity index (χ2v) is 5.45. The molecule has 0 atom stereocenters. The van der Waals surface area contributed by atoms with Crippen LogP contribution in [0.2, 0.25) is 0 Å². The highest BCUT2D eigenvalue weighted by molar-refractivity contribution is 5.94. The van der Waals surface area contributed by atoms with Crippen LogP contribution in [0.4, 0.5) is 16.2 Å². The summed E-state index contributed by atoms with van der Waals surface area (Å²) >= 11 is 0. The van der Waals surface area contributed by atoms with Gasteiger partial charge >= 0.3 is 6.03 Å². The summed E-state index contributed by atoms with van der Waals surface area (Å²) in [6, 6.07) is 7.01. The molecule has 0 radical (unpaired) electrons. The Labute approximate surface area is 119 Å². The Hall–Kier alpha value is -2.04. The summed E-state index contributed by atoms with van der Waals surface area (Å²) < 4.78 is 0. The Kier molecular flexibility index (Phi) is 4.61. The van der Waals surface area contributed by atoms with Crippen molar-refractivity contribution >= 4 is 23.3 Å². The number of rotatable bonds is 4.